The molecule has 1 aliphatic rings. The maximum absolute atomic E-state index is 12.7. The Balaban J connectivity index is 1.98. The summed E-state index contributed by atoms with van der Waals surface area (Å²) in [5.74, 6) is -0.251. The summed E-state index contributed by atoms with van der Waals surface area (Å²) in [5, 5.41) is 1.57. The first kappa shape index (κ1) is 18.1. The maximum Gasteiger partial charge on any atom is 0.270 e. The average Bonchev–Trinajstić information content (AvgIpc) is 2.81. The lowest BCUT2D eigenvalue weighted by atomic mass is 10.2. The molecule has 8 heteroatoms. The van der Waals surface area contributed by atoms with Crippen LogP contribution in [0.25, 0.3) is 6.08 Å². The zero-order valence-electron chi connectivity index (χ0n) is 11.7. The predicted molar refractivity (Wildman–Crippen MR) is 109 cm³/mol. The van der Waals surface area contributed by atoms with Crippen molar-refractivity contribution in [1.29, 1.82) is 0 Å². The normalized spacial score (nSPS) is 16.3. The highest BCUT2D eigenvalue weighted by atomic mass is 35.5. The Bertz CT molecular complexity index is 898. The van der Waals surface area contributed by atoms with Crippen LogP contribution in [0.15, 0.2) is 41.3 Å². The fraction of sp³-hybridized carbons (Fsp3) is 0. The van der Waals surface area contributed by atoms with Crippen molar-refractivity contribution < 1.29 is 4.79 Å². The Morgan fingerprint density at radius 2 is 1.75 bits per heavy atom. The van der Waals surface area contributed by atoms with Crippen LogP contribution in [0.4, 0.5) is 5.69 Å². The summed E-state index contributed by atoms with van der Waals surface area (Å²) in [6.07, 6.45) is 1.67. The molecule has 0 saturated carbocycles. The van der Waals surface area contributed by atoms with Crippen molar-refractivity contribution in [3.63, 3.8) is 0 Å². The summed E-state index contributed by atoms with van der Waals surface area (Å²) in [7, 11) is 0. The van der Waals surface area contributed by atoms with Gasteiger partial charge in [0.25, 0.3) is 5.91 Å². The van der Waals surface area contributed by atoms with Crippen molar-refractivity contribution in [2.75, 3.05) is 4.90 Å². The molecule has 0 bridgehead atoms. The monoisotopic (exact) mass is 433 g/mol. The molecular formula is C16H7Cl4NOS2. The van der Waals surface area contributed by atoms with E-state index in [1.807, 2.05) is 0 Å². The van der Waals surface area contributed by atoms with Gasteiger partial charge in [0.15, 0.2) is 4.32 Å². The molecule has 0 N–H and O–H groups in total. The van der Waals surface area contributed by atoms with Crippen molar-refractivity contribution >= 4 is 92.4 Å². The van der Waals surface area contributed by atoms with E-state index < -0.39 is 0 Å². The molecular weight excluding hydrogens is 428 g/mol. The molecule has 122 valence electrons. The van der Waals surface area contributed by atoms with Gasteiger partial charge in [-0.05, 0) is 35.9 Å². The Morgan fingerprint density at radius 1 is 1.00 bits per heavy atom. The van der Waals surface area contributed by atoms with Crippen LogP contribution in [0.1, 0.15) is 5.56 Å². The molecule has 1 amide bonds. The highest BCUT2D eigenvalue weighted by Crippen LogP contribution is 2.39. The molecule has 0 spiro atoms. The Hall–Kier alpha value is -0.750. The highest BCUT2D eigenvalue weighted by Gasteiger charge is 2.33. The largest absolute Gasteiger partial charge is 0.270 e. The number of amides is 1. The lowest BCUT2D eigenvalue weighted by Gasteiger charge is -2.15. The zero-order valence-corrected chi connectivity index (χ0v) is 16.4. The number of hydrogen-bond donors (Lipinski definition) is 0. The van der Waals surface area contributed by atoms with Crippen molar-refractivity contribution in [1.82, 2.24) is 0 Å². The molecule has 1 saturated heterocycles. The molecule has 1 heterocycles. The number of nitrogens with zero attached hydrogens (tertiary/aromatic N) is 1. The molecule has 0 unspecified atom stereocenters. The van der Waals surface area contributed by atoms with Crippen LogP contribution in [0, 0.1) is 0 Å². The van der Waals surface area contributed by atoms with Gasteiger partial charge in [0, 0.05) is 0 Å². The van der Waals surface area contributed by atoms with E-state index in [-0.39, 0.29) is 5.91 Å². The fourth-order valence-corrected chi connectivity index (χ4v) is 4.03. The minimum atomic E-state index is -0.251. The number of rotatable bonds is 2. The van der Waals surface area contributed by atoms with Gasteiger partial charge in [-0.15, -0.1) is 0 Å². The third-order valence-electron chi connectivity index (χ3n) is 3.22. The van der Waals surface area contributed by atoms with Crippen LogP contribution in [-0.4, -0.2) is 10.2 Å². The molecule has 24 heavy (non-hydrogen) atoms. The zero-order chi connectivity index (χ0) is 17.4. The summed E-state index contributed by atoms with van der Waals surface area (Å²) in [6, 6.07) is 10.1. The molecule has 2 aromatic carbocycles. The third kappa shape index (κ3) is 3.45. The van der Waals surface area contributed by atoms with E-state index in [4.69, 9.17) is 58.6 Å². The lowest BCUT2D eigenvalue weighted by molar-refractivity contribution is -0.113. The first-order valence-corrected chi connectivity index (χ1v) is 9.29. The highest BCUT2D eigenvalue weighted by molar-refractivity contribution is 8.27. The van der Waals surface area contributed by atoms with Crippen molar-refractivity contribution in [2.45, 2.75) is 0 Å². The van der Waals surface area contributed by atoms with Crippen molar-refractivity contribution in [2.24, 2.45) is 0 Å². The molecule has 3 rings (SSSR count). The van der Waals surface area contributed by atoms with Gasteiger partial charge < -0.3 is 0 Å². The van der Waals surface area contributed by atoms with Gasteiger partial charge >= 0.3 is 0 Å². The smallest absolute Gasteiger partial charge is 0.268 e. The second kappa shape index (κ2) is 7.24. The third-order valence-corrected chi connectivity index (χ3v) is 6.10. The quantitative estimate of drug-likeness (QED) is 0.387. The first-order chi connectivity index (χ1) is 11.4. The summed E-state index contributed by atoms with van der Waals surface area (Å²) < 4.78 is 0.405. The topological polar surface area (TPSA) is 20.3 Å². The number of halogens is 4. The van der Waals surface area contributed by atoms with Gasteiger partial charge in [-0.3, -0.25) is 9.69 Å². The standard InChI is InChI=1S/C16H7Cl4NOS2/c17-10-5-4-9(7-12(10)19)21-15(22)13(24-16(21)23)6-8-2-1-3-11(18)14(8)20/h1-7H/b13-6-. The Labute approximate surface area is 168 Å². The summed E-state index contributed by atoms with van der Waals surface area (Å²) in [4.78, 5) is 14.6. The average molecular weight is 435 g/mol. The molecule has 1 fully saturated rings. The summed E-state index contributed by atoms with van der Waals surface area (Å²) >= 11 is 30.6. The van der Waals surface area contributed by atoms with E-state index in [0.717, 1.165) is 0 Å². The van der Waals surface area contributed by atoms with Crippen LogP contribution in [0.3, 0.4) is 0 Å². The maximum atomic E-state index is 12.7. The van der Waals surface area contributed by atoms with Gasteiger partial charge in [-0.1, -0.05) is 82.5 Å². The number of hydrogen-bond acceptors (Lipinski definition) is 3. The van der Waals surface area contributed by atoms with Crippen LogP contribution in [0.2, 0.25) is 20.1 Å². The van der Waals surface area contributed by atoms with E-state index in [0.29, 0.717) is 40.6 Å². The SMILES string of the molecule is O=C1/C(=C/c2cccc(Cl)c2Cl)SC(=S)N1c1ccc(Cl)c(Cl)c1. The van der Waals surface area contributed by atoms with Crippen LogP contribution < -0.4 is 4.90 Å². The van der Waals surface area contributed by atoms with Gasteiger partial charge in [-0.2, -0.15) is 0 Å². The molecule has 1 aliphatic heterocycles. The van der Waals surface area contributed by atoms with Gasteiger partial charge in [0.05, 0.1) is 30.7 Å². The van der Waals surface area contributed by atoms with Crippen LogP contribution >= 0.6 is 70.4 Å². The van der Waals surface area contributed by atoms with Gasteiger partial charge in [0.2, 0.25) is 0 Å². The van der Waals surface area contributed by atoms with Crippen LogP contribution in [-0.2, 0) is 4.79 Å². The van der Waals surface area contributed by atoms with E-state index in [2.05, 4.69) is 0 Å². The second-order valence-electron chi connectivity index (χ2n) is 4.76. The molecule has 0 aromatic heterocycles. The minimum absolute atomic E-state index is 0.251. The molecule has 0 atom stereocenters. The summed E-state index contributed by atoms with van der Waals surface area (Å²) in [6.45, 7) is 0. The van der Waals surface area contributed by atoms with E-state index in [1.54, 1.807) is 42.5 Å². The first-order valence-electron chi connectivity index (χ1n) is 6.55. The second-order valence-corrected chi connectivity index (χ2v) is 8.03. The molecule has 2 nitrogen and oxygen atoms in total. The fourth-order valence-electron chi connectivity index (χ4n) is 2.09. The van der Waals surface area contributed by atoms with E-state index >= 15 is 0 Å². The minimum Gasteiger partial charge on any atom is -0.268 e. The predicted octanol–water partition coefficient (Wildman–Crippen LogP) is 6.71. The number of benzene rings is 2. The number of thiocarbonyl (C=S) groups is 1. The number of anilines is 1. The number of carbonyl (C=O) groups is 1. The Morgan fingerprint density at radius 3 is 2.46 bits per heavy atom. The van der Waals surface area contributed by atoms with Crippen LogP contribution in [0.5, 0.6) is 0 Å². The molecule has 0 aliphatic carbocycles. The van der Waals surface area contributed by atoms with E-state index in [1.165, 1.54) is 16.7 Å². The number of thioether (sulfide) groups is 1. The molecule has 0 radical (unpaired) electrons. The van der Waals surface area contributed by atoms with Crippen molar-refractivity contribution in [3.8, 4) is 0 Å². The number of carbonyl (C=O) groups excluding carboxylic acids is 1. The molecule has 2 aromatic rings. The lowest BCUT2D eigenvalue weighted by Crippen LogP contribution is -2.27. The van der Waals surface area contributed by atoms with Gasteiger partial charge in [-0.25, -0.2) is 0 Å². The van der Waals surface area contributed by atoms with E-state index in [9.17, 15) is 4.79 Å². The van der Waals surface area contributed by atoms with Gasteiger partial charge in [0.1, 0.15) is 0 Å². The van der Waals surface area contributed by atoms with Crippen molar-refractivity contribution in [3.05, 3.63) is 67.0 Å². The summed E-state index contributed by atoms with van der Waals surface area (Å²) in [5.41, 5.74) is 1.21. The Kier molecular flexibility index (Phi) is 5.45.